The lowest BCUT2D eigenvalue weighted by atomic mass is 9.80. The van der Waals surface area contributed by atoms with Crippen molar-refractivity contribution in [1.82, 2.24) is 0 Å². The fourth-order valence-corrected chi connectivity index (χ4v) is 3.33. The Hall–Kier alpha value is -0.310. The van der Waals surface area contributed by atoms with Crippen molar-refractivity contribution < 1.29 is 8.95 Å². The van der Waals surface area contributed by atoms with Crippen molar-refractivity contribution in [3.63, 3.8) is 0 Å². The summed E-state index contributed by atoms with van der Waals surface area (Å²) < 4.78 is 16.7. The van der Waals surface area contributed by atoms with Crippen molar-refractivity contribution in [2.75, 3.05) is 18.1 Å². The zero-order valence-electron chi connectivity index (χ0n) is 9.12. The first kappa shape index (κ1) is 11.8. The minimum absolute atomic E-state index is 0.285. The zero-order chi connectivity index (χ0) is 10.4. The Kier molecular flexibility index (Phi) is 4.66. The topological polar surface area (TPSA) is 26.3 Å². The van der Waals surface area contributed by atoms with Crippen LogP contribution in [0.25, 0.3) is 0 Å². The van der Waals surface area contributed by atoms with Gasteiger partial charge in [-0.15, -0.1) is 0 Å². The Morgan fingerprint density at radius 2 is 2.07 bits per heavy atom. The van der Waals surface area contributed by atoms with Gasteiger partial charge in [0, 0.05) is 27.7 Å². The van der Waals surface area contributed by atoms with Gasteiger partial charge in [-0.2, -0.15) is 0 Å². The number of allylic oxidation sites excluding steroid dienone is 1. The van der Waals surface area contributed by atoms with Gasteiger partial charge in [-0.25, -0.2) is 0 Å². The summed E-state index contributed by atoms with van der Waals surface area (Å²) in [6.45, 7) is 4.94. The molecule has 1 fully saturated rings. The van der Waals surface area contributed by atoms with Gasteiger partial charge in [-0.05, 0) is 26.2 Å². The number of rotatable bonds is 4. The Bertz CT molecular complexity index is 213. The molecule has 0 N–H and O–H groups in total. The Balaban J connectivity index is 2.45. The molecule has 0 aliphatic carbocycles. The van der Waals surface area contributed by atoms with Crippen LogP contribution in [0.2, 0.25) is 0 Å². The van der Waals surface area contributed by atoms with Crippen LogP contribution in [0.5, 0.6) is 0 Å². The van der Waals surface area contributed by atoms with Gasteiger partial charge in [0.1, 0.15) is 0 Å². The molecule has 0 saturated carbocycles. The largest absolute Gasteiger partial charge is 0.501 e. The van der Waals surface area contributed by atoms with Crippen molar-refractivity contribution in [1.29, 1.82) is 0 Å². The molecule has 1 aliphatic heterocycles. The molecule has 0 spiro atoms. The van der Waals surface area contributed by atoms with Gasteiger partial charge in [-0.1, -0.05) is 13.0 Å². The van der Waals surface area contributed by atoms with Crippen LogP contribution >= 0.6 is 0 Å². The van der Waals surface area contributed by atoms with Crippen molar-refractivity contribution in [2.45, 2.75) is 33.1 Å². The second kappa shape index (κ2) is 5.54. The molecule has 0 amide bonds. The number of hydrogen-bond donors (Lipinski definition) is 0. The second-order valence-corrected chi connectivity index (χ2v) is 5.68. The first-order valence-electron chi connectivity index (χ1n) is 5.30. The second-order valence-electron chi connectivity index (χ2n) is 3.98. The molecule has 1 saturated heterocycles. The van der Waals surface area contributed by atoms with Gasteiger partial charge in [-0.3, -0.25) is 4.21 Å². The summed E-state index contributed by atoms with van der Waals surface area (Å²) in [5.41, 5.74) is 0.285. The van der Waals surface area contributed by atoms with E-state index in [1.807, 2.05) is 13.0 Å². The van der Waals surface area contributed by atoms with Gasteiger partial charge < -0.3 is 4.74 Å². The average Bonchev–Trinajstić information content (AvgIpc) is 2.22. The van der Waals surface area contributed by atoms with E-state index in [0.29, 0.717) is 0 Å². The molecule has 1 rings (SSSR count). The summed E-state index contributed by atoms with van der Waals surface area (Å²) in [7, 11) is -0.569. The monoisotopic (exact) mass is 216 g/mol. The van der Waals surface area contributed by atoms with Crippen LogP contribution in [0.15, 0.2) is 12.3 Å². The average molecular weight is 216 g/mol. The zero-order valence-corrected chi connectivity index (χ0v) is 9.94. The lowest BCUT2D eigenvalue weighted by Gasteiger charge is -2.35. The van der Waals surface area contributed by atoms with E-state index in [1.165, 1.54) is 0 Å². The van der Waals surface area contributed by atoms with Gasteiger partial charge in [0.25, 0.3) is 0 Å². The van der Waals surface area contributed by atoms with Gasteiger partial charge in [0.15, 0.2) is 0 Å². The third kappa shape index (κ3) is 3.12. The molecule has 0 radical (unpaired) electrons. The molecule has 14 heavy (non-hydrogen) atoms. The normalized spacial score (nSPS) is 33.4. The first-order chi connectivity index (χ1) is 6.72. The molecule has 1 heterocycles. The van der Waals surface area contributed by atoms with E-state index in [9.17, 15) is 4.21 Å². The number of hydrogen-bond acceptors (Lipinski definition) is 2. The maximum atomic E-state index is 11.3. The highest BCUT2D eigenvalue weighted by atomic mass is 32.2. The van der Waals surface area contributed by atoms with E-state index in [1.54, 1.807) is 6.26 Å². The summed E-state index contributed by atoms with van der Waals surface area (Å²) in [5, 5.41) is 0. The minimum Gasteiger partial charge on any atom is -0.501 e. The molecule has 82 valence electrons. The molecule has 1 aliphatic rings. The molecule has 0 unspecified atom stereocenters. The molecule has 0 aromatic rings. The molecular formula is C11H20O2S. The fraction of sp³-hybridized carbons (Fsp3) is 0.818. The molecular weight excluding hydrogens is 196 g/mol. The van der Waals surface area contributed by atoms with Gasteiger partial charge >= 0.3 is 0 Å². The highest BCUT2D eigenvalue weighted by Crippen LogP contribution is 2.35. The predicted octanol–water partition coefficient (Wildman–Crippen LogP) is 2.48. The highest BCUT2D eigenvalue weighted by Gasteiger charge is 2.33. The van der Waals surface area contributed by atoms with Crippen LogP contribution in [0.4, 0.5) is 0 Å². The van der Waals surface area contributed by atoms with E-state index in [2.05, 4.69) is 6.92 Å². The van der Waals surface area contributed by atoms with E-state index in [0.717, 1.165) is 37.4 Å². The summed E-state index contributed by atoms with van der Waals surface area (Å²) in [4.78, 5) is 0. The molecule has 0 atom stereocenters. The maximum Gasteiger partial charge on any atom is 0.0929 e. The lowest BCUT2D eigenvalue weighted by molar-refractivity contribution is 0.0934. The van der Waals surface area contributed by atoms with Crippen molar-refractivity contribution in [2.24, 2.45) is 5.41 Å². The van der Waals surface area contributed by atoms with Crippen molar-refractivity contribution in [3.05, 3.63) is 12.3 Å². The molecule has 0 aromatic carbocycles. The first-order valence-corrected chi connectivity index (χ1v) is 6.79. The standard InChI is InChI=1S/C11H20O2S/c1-3-7-13-10-11(4-2)5-8-14(12)9-6-11/h3,7H,4-6,8-10H2,1-2H3/b7-3+. The van der Waals surface area contributed by atoms with Crippen LogP contribution in [-0.2, 0) is 15.5 Å². The van der Waals surface area contributed by atoms with Crippen LogP contribution in [0.3, 0.4) is 0 Å². The van der Waals surface area contributed by atoms with Crippen LogP contribution in [0, 0.1) is 5.41 Å². The smallest absolute Gasteiger partial charge is 0.0929 e. The van der Waals surface area contributed by atoms with E-state index in [-0.39, 0.29) is 5.41 Å². The Morgan fingerprint density at radius 1 is 1.43 bits per heavy atom. The molecule has 3 heteroatoms. The van der Waals surface area contributed by atoms with Crippen molar-refractivity contribution >= 4 is 10.8 Å². The fourth-order valence-electron chi connectivity index (χ4n) is 1.81. The van der Waals surface area contributed by atoms with E-state index >= 15 is 0 Å². The minimum atomic E-state index is -0.569. The van der Waals surface area contributed by atoms with Crippen molar-refractivity contribution in [3.8, 4) is 0 Å². The Labute approximate surface area is 89.2 Å². The molecule has 2 nitrogen and oxygen atoms in total. The summed E-state index contributed by atoms with van der Waals surface area (Å²) >= 11 is 0. The summed E-state index contributed by atoms with van der Waals surface area (Å²) in [6.07, 6.45) is 6.89. The van der Waals surface area contributed by atoms with Gasteiger partial charge in [0.2, 0.25) is 0 Å². The lowest BCUT2D eigenvalue weighted by Crippen LogP contribution is -2.34. The number of ether oxygens (including phenoxy) is 1. The summed E-state index contributed by atoms with van der Waals surface area (Å²) in [5.74, 6) is 1.71. The molecule has 0 bridgehead atoms. The van der Waals surface area contributed by atoms with E-state index in [4.69, 9.17) is 4.74 Å². The summed E-state index contributed by atoms with van der Waals surface area (Å²) in [6, 6.07) is 0. The van der Waals surface area contributed by atoms with Gasteiger partial charge in [0.05, 0.1) is 12.9 Å². The highest BCUT2D eigenvalue weighted by molar-refractivity contribution is 7.85. The van der Waals surface area contributed by atoms with Crippen LogP contribution < -0.4 is 0 Å². The Morgan fingerprint density at radius 3 is 2.57 bits per heavy atom. The quantitative estimate of drug-likeness (QED) is 0.675. The third-order valence-electron chi connectivity index (χ3n) is 3.09. The van der Waals surface area contributed by atoms with E-state index < -0.39 is 10.8 Å². The maximum absolute atomic E-state index is 11.3. The predicted molar refractivity (Wildman–Crippen MR) is 60.6 cm³/mol. The van der Waals surface area contributed by atoms with Crippen LogP contribution in [0.1, 0.15) is 33.1 Å². The SMILES string of the molecule is C/C=C/OCC1(CC)CCS(=O)CC1. The molecule has 0 aromatic heterocycles. The van der Waals surface area contributed by atoms with Crippen LogP contribution in [-0.4, -0.2) is 22.3 Å². The third-order valence-corrected chi connectivity index (χ3v) is 4.41.